The van der Waals surface area contributed by atoms with E-state index < -0.39 is 17.5 Å². The molecule has 0 saturated carbocycles. The SMILES string of the molecule is CCn1c(COc2cccc3ccccc23)nnc1SCC(=O)Nc1ccc(F)cc1F. The number of nitrogens with zero attached hydrogens (tertiary/aromatic N) is 3. The van der Waals surface area contributed by atoms with Crippen molar-refractivity contribution < 1.29 is 18.3 Å². The number of amides is 1. The minimum Gasteiger partial charge on any atom is -0.485 e. The van der Waals surface area contributed by atoms with Crippen LogP contribution in [0.15, 0.2) is 65.8 Å². The van der Waals surface area contributed by atoms with E-state index in [-0.39, 0.29) is 18.0 Å². The van der Waals surface area contributed by atoms with Gasteiger partial charge in [-0.2, -0.15) is 0 Å². The van der Waals surface area contributed by atoms with Gasteiger partial charge in [0.25, 0.3) is 0 Å². The van der Waals surface area contributed by atoms with Gasteiger partial charge < -0.3 is 14.6 Å². The van der Waals surface area contributed by atoms with Crippen LogP contribution < -0.4 is 10.1 Å². The second-order valence-electron chi connectivity index (χ2n) is 6.87. The Labute approximate surface area is 187 Å². The first-order valence-corrected chi connectivity index (χ1v) is 10.9. The van der Waals surface area contributed by atoms with Crippen molar-refractivity contribution in [2.24, 2.45) is 0 Å². The Morgan fingerprint density at radius 2 is 1.91 bits per heavy atom. The minimum atomic E-state index is -0.826. The number of rotatable bonds is 8. The van der Waals surface area contributed by atoms with Gasteiger partial charge in [0.2, 0.25) is 5.91 Å². The third-order valence-electron chi connectivity index (χ3n) is 4.75. The van der Waals surface area contributed by atoms with Gasteiger partial charge in [-0.05, 0) is 30.5 Å². The molecule has 0 aliphatic heterocycles. The zero-order valence-corrected chi connectivity index (χ0v) is 18.0. The van der Waals surface area contributed by atoms with E-state index in [1.165, 1.54) is 17.8 Å². The monoisotopic (exact) mass is 454 g/mol. The van der Waals surface area contributed by atoms with Crippen LogP contribution in [0.2, 0.25) is 0 Å². The third-order valence-corrected chi connectivity index (χ3v) is 5.72. The number of anilines is 1. The Morgan fingerprint density at radius 1 is 1.09 bits per heavy atom. The van der Waals surface area contributed by atoms with Crippen molar-refractivity contribution >= 4 is 34.1 Å². The van der Waals surface area contributed by atoms with Crippen molar-refractivity contribution in [1.29, 1.82) is 0 Å². The molecule has 6 nitrogen and oxygen atoms in total. The molecule has 0 bridgehead atoms. The number of ether oxygens (including phenoxy) is 1. The van der Waals surface area contributed by atoms with Gasteiger partial charge in [-0.25, -0.2) is 8.78 Å². The summed E-state index contributed by atoms with van der Waals surface area (Å²) in [6.45, 7) is 2.77. The van der Waals surface area contributed by atoms with E-state index in [0.29, 0.717) is 17.5 Å². The maximum atomic E-state index is 13.7. The van der Waals surface area contributed by atoms with Gasteiger partial charge in [0.05, 0.1) is 11.4 Å². The van der Waals surface area contributed by atoms with Crippen LogP contribution in [0.3, 0.4) is 0 Å². The molecule has 9 heteroatoms. The summed E-state index contributed by atoms with van der Waals surface area (Å²) < 4.78 is 34.6. The quantitative estimate of drug-likeness (QED) is 0.378. The van der Waals surface area contributed by atoms with E-state index in [1.807, 2.05) is 54.0 Å². The van der Waals surface area contributed by atoms with Crippen molar-refractivity contribution in [2.45, 2.75) is 25.2 Å². The molecule has 0 aliphatic rings. The molecule has 1 amide bonds. The van der Waals surface area contributed by atoms with Gasteiger partial charge in [0, 0.05) is 18.0 Å². The van der Waals surface area contributed by atoms with Crippen LogP contribution in [0, 0.1) is 11.6 Å². The number of benzene rings is 3. The highest BCUT2D eigenvalue weighted by Crippen LogP contribution is 2.26. The number of carbonyl (C=O) groups excluding carboxylic acids is 1. The van der Waals surface area contributed by atoms with Gasteiger partial charge in [-0.3, -0.25) is 4.79 Å². The lowest BCUT2D eigenvalue weighted by Crippen LogP contribution is -2.16. The number of nitrogens with one attached hydrogen (secondary N) is 1. The molecule has 0 spiro atoms. The predicted molar refractivity (Wildman–Crippen MR) is 120 cm³/mol. The van der Waals surface area contributed by atoms with Crippen LogP contribution in [0.25, 0.3) is 10.8 Å². The maximum absolute atomic E-state index is 13.7. The molecule has 32 heavy (non-hydrogen) atoms. The van der Waals surface area contributed by atoms with Gasteiger partial charge in [0.15, 0.2) is 11.0 Å². The molecule has 0 unspecified atom stereocenters. The molecule has 0 aliphatic carbocycles. The first kappa shape index (κ1) is 21.8. The number of aromatic nitrogens is 3. The van der Waals surface area contributed by atoms with Crippen molar-refractivity contribution in [1.82, 2.24) is 14.8 Å². The topological polar surface area (TPSA) is 69.0 Å². The van der Waals surface area contributed by atoms with Gasteiger partial charge in [-0.15, -0.1) is 10.2 Å². The van der Waals surface area contributed by atoms with Crippen molar-refractivity contribution in [3.63, 3.8) is 0 Å². The Bertz CT molecular complexity index is 1260. The molecule has 1 N–H and O–H groups in total. The lowest BCUT2D eigenvalue weighted by atomic mass is 10.1. The molecular weight excluding hydrogens is 434 g/mol. The van der Waals surface area contributed by atoms with Crippen LogP contribution in [0.5, 0.6) is 5.75 Å². The van der Waals surface area contributed by atoms with E-state index in [1.54, 1.807) is 0 Å². The highest BCUT2D eigenvalue weighted by molar-refractivity contribution is 7.99. The van der Waals surface area contributed by atoms with Crippen LogP contribution >= 0.6 is 11.8 Å². The summed E-state index contributed by atoms with van der Waals surface area (Å²) in [7, 11) is 0. The summed E-state index contributed by atoms with van der Waals surface area (Å²) in [5.74, 6) is -0.576. The highest BCUT2D eigenvalue weighted by Gasteiger charge is 2.15. The summed E-state index contributed by atoms with van der Waals surface area (Å²) in [5.41, 5.74) is -0.0712. The molecule has 0 fully saturated rings. The van der Waals surface area contributed by atoms with Crippen LogP contribution in [0.4, 0.5) is 14.5 Å². The number of hydrogen-bond acceptors (Lipinski definition) is 5. The molecule has 1 aromatic heterocycles. The van der Waals surface area contributed by atoms with E-state index in [4.69, 9.17) is 4.74 Å². The number of hydrogen-bond donors (Lipinski definition) is 1. The fourth-order valence-corrected chi connectivity index (χ4v) is 4.04. The lowest BCUT2D eigenvalue weighted by molar-refractivity contribution is -0.113. The van der Waals surface area contributed by atoms with Crippen LogP contribution in [-0.2, 0) is 17.9 Å². The van der Waals surface area contributed by atoms with Gasteiger partial charge in [0.1, 0.15) is 24.0 Å². The maximum Gasteiger partial charge on any atom is 0.234 e. The van der Waals surface area contributed by atoms with Gasteiger partial charge in [-0.1, -0.05) is 48.2 Å². The van der Waals surface area contributed by atoms with Crippen molar-refractivity contribution in [3.05, 3.63) is 78.1 Å². The van der Waals surface area contributed by atoms with E-state index in [2.05, 4.69) is 15.5 Å². The second-order valence-corrected chi connectivity index (χ2v) is 7.81. The molecule has 0 atom stereocenters. The Kier molecular flexibility index (Phi) is 6.65. The highest BCUT2D eigenvalue weighted by atomic mass is 32.2. The van der Waals surface area contributed by atoms with Gasteiger partial charge >= 0.3 is 0 Å². The second kappa shape index (κ2) is 9.78. The molecule has 3 aromatic carbocycles. The standard InChI is InChI=1S/C23H20F2N4O2S/c1-2-29-21(13-31-20-9-5-7-15-6-3-4-8-17(15)20)27-28-23(29)32-14-22(30)26-19-11-10-16(24)12-18(19)25/h3-12H,2,13-14H2,1H3,(H,26,30). The van der Waals surface area contributed by atoms with Crippen LogP contribution in [-0.4, -0.2) is 26.4 Å². The lowest BCUT2D eigenvalue weighted by Gasteiger charge is -2.11. The summed E-state index contributed by atoms with van der Waals surface area (Å²) in [6, 6.07) is 16.8. The Hall–Kier alpha value is -3.46. The summed E-state index contributed by atoms with van der Waals surface area (Å²) in [5, 5.41) is 13.4. The first-order valence-electron chi connectivity index (χ1n) is 9.95. The number of fused-ring (bicyclic) bond motifs is 1. The Balaban J connectivity index is 1.40. The number of thioether (sulfide) groups is 1. The van der Waals surface area contributed by atoms with Crippen LogP contribution in [0.1, 0.15) is 12.7 Å². The zero-order valence-electron chi connectivity index (χ0n) is 17.2. The average molecular weight is 455 g/mol. The normalized spacial score (nSPS) is 11.0. The Morgan fingerprint density at radius 3 is 2.72 bits per heavy atom. The molecule has 0 saturated heterocycles. The first-order chi connectivity index (χ1) is 15.5. The largest absolute Gasteiger partial charge is 0.485 e. The summed E-state index contributed by atoms with van der Waals surface area (Å²) in [6.07, 6.45) is 0. The molecule has 0 radical (unpaired) electrons. The minimum absolute atomic E-state index is 0.000863. The molecule has 164 valence electrons. The fraction of sp³-hybridized carbons (Fsp3) is 0.174. The van der Waals surface area contributed by atoms with E-state index >= 15 is 0 Å². The summed E-state index contributed by atoms with van der Waals surface area (Å²) in [4.78, 5) is 12.2. The van der Waals surface area contributed by atoms with E-state index in [9.17, 15) is 13.6 Å². The molecule has 4 aromatic rings. The van der Waals surface area contributed by atoms with E-state index in [0.717, 1.165) is 28.7 Å². The third kappa shape index (κ3) is 4.88. The predicted octanol–water partition coefficient (Wildman–Crippen LogP) is 5.04. The smallest absolute Gasteiger partial charge is 0.234 e. The average Bonchev–Trinajstić information content (AvgIpc) is 3.20. The molecular formula is C23H20F2N4O2S. The zero-order chi connectivity index (χ0) is 22.5. The number of halogens is 2. The van der Waals surface area contributed by atoms with Crippen molar-refractivity contribution in [2.75, 3.05) is 11.1 Å². The number of carbonyl (C=O) groups is 1. The van der Waals surface area contributed by atoms with Crippen molar-refractivity contribution in [3.8, 4) is 5.75 Å². The fourth-order valence-electron chi connectivity index (χ4n) is 3.22. The molecule has 4 rings (SSSR count). The summed E-state index contributed by atoms with van der Waals surface area (Å²) >= 11 is 1.18. The molecule has 1 heterocycles.